The molecule has 0 N–H and O–H groups in total. The predicted molar refractivity (Wildman–Crippen MR) is 233 cm³/mol. The zero-order valence-corrected chi connectivity index (χ0v) is 30.9. The van der Waals surface area contributed by atoms with Crippen molar-refractivity contribution in [2.45, 2.75) is 19.3 Å². The lowest BCUT2D eigenvalue weighted by atomic mass is 9.82. The van der Waals surface area contributed by atoms with Crippen LogP contribution in [0.25, 0.3) is 71.3 Å². The quantitative estimate of drug-likeness (QED) is 0.173. The van der Waals surface area contributed by atoms with Gasteiger partial charge in [-0.25, -0.2) is 0 Å². The molecule has 0 spiro atoms. The van der Waals surface area contributed by atoms with Crippen LogP contribution in [-0.2, 0) is 5.41 Å². The molecule has 0 unspecified atom stereocenters. The third-order valence-corrected chi connectivity index (χ3v) is 12.0. The van der Waals surface area contributed by atoms with Crippen LogP contribution in [0.4, 0.5) is 17.1 Å². The third-order valence-electron chi connectivity index (χ3n) is 12.0. The molecule has 0 amide bonds. The number of fused-ring (bicyclic) bond motifs is 9. The van der Waals surface area contributed by atoms with Gasteiger partial charge in [-0.05, 0) is 110 Å². The summed E-state index contributed by atoms with van der Waals surface area (Å²) in [4.78, 5) is 2.44. The van der Waals surface area contributed by atoms with Crippen molar-refractivity contribution in [3.8, 4) is 27.9 Å². The van der Waals surface area contributed by atoms with E-state index in [4.69, 9.17) is 0 Å². The maximum absolute atomic E-state index is 2.44. The summed E-state index contributed by atoms with van der Waals surface area (Å²) in [5.74, 6) is 0. The van der Waals surface area contributed by atoms with Crippen LogP contribution >= 0.6 is 0 Å². The maximum atomic E-state index is 2.44. The van der Waals surface area contributed by atoms with Crippen molar-refractivity contribution in [2.75, 3.05) is 4.90 Å². The molecular formula is C53H38N2. The highest BCUT2D eigenvalue weighted by atomic mass is 15.1. The first-order valence-electron chi connectivity index (χ1n) is 19.2. The Morgan fingerprint density at radius 3 is 1.89 bits per heavy atom. The predicted octanol–water partition coefficient (Wildman–Crippen LogP) is 14.5. The van der Waals surface area contributed by atoms with Gasteiger partial charge in [0.05, 0.1) is 16.7 Å². The number of para-hydroxylation sites is 1. The Bertz CT molecular complexity index is 3110. The average Bonchev–Trinajstić information content (AvgIpc) is 3.70. The molecule has 0 aliphatic heterocycles. The Balaban J connectivity index is 1.07. The van der Waals surface area contributed by atoms with Gasteiger partial charge >= 0.3 is 0 Å². The Hall–Kier alpha value is -6.90. The minimum absolute atomic E-state index is 0.0934. The summed E-state index contributed by atoms with van der Waals surface area (Å²) in [7, 11) is 0. The first-order chi connectivity index (χ1) is 27.0. The number of anilines is 3. The van der Waals surface area contributed by atoms with Crippen LogP contribution in [0.2, 0.25) is 0 Å². The highest BCUT2D eigenvalue weighted by molar-refractivity contribution is 6.22. The zero-order chi connectivity index (χ0) is 36.7. The van der Waals surface area contributed by atoms with Crippen LogP contribution in [0, 0.1) is 0 Å². The van der Waals surface area contributed by atoms with Crippen LogP contribution in [0.1, 0.15) is 25.0 Å². The normalized spacial score (nSPS) is 13.1. The van der Waals surface area contributed by atoms with E-state index in [9.17, 15) is 0 Å². The maximum Gasteiger partial charge on any atom is 0.0547 e. The molecule has 260 valence electrons. The van der Waals surface area contributed by atoms with E-state index in [2.05, 4.69) is 217 Å². The highest BCUT2D eigenvalue weighted by Gasteiger charge is 2.35. The van der Waals surface area contributed by atoms with E-state index < -0.39 is 0 Å². The van der Waals surface area contributed by atoms with Crippen LogP contribution in [-0.4, -0.2) is 4.57 Å². The second-order valence-electron chi connectivity index (χ2n) is 15.4. The molecule has 10 aromatic rings. The number of aromatic nitrogens is 1. The largest absolute Gasteiger partial charge is 0.310 e. The lowest BCUT2D eigenvalue weighted by Gasteiger charge is -2.29. The fraction of sp³-hybridized carbons (Fsp3) is 0.0566. The number of hydrogen-bond acceptors (Lipinski definition) is 1. The second kappa shape index (κ2) is 12.1. The fourth-order valence-corrected chi connectivity index (χ4v) is 9.29. The van der Waals surface area contributed by atoms with E-state index in [0.717, 1.165) is 11.4 Å². The standard InChI is InChI=1S/C53H38N2/c1-53(2)47-21-11-10-20-44(47)45-30-29-41(34-48(45)53)54(49-22-12-15-36-13-6-8-18-42(36)49)40-27-23-35(24-28-40)38-26-31-50-46(33-38)52-43-19-9-7-14-37(43)25-32-51(52)55(50)39-16-4-3-5-17-39/h3-34H,1-2H3. The summed E-state index contributed by atoms with van der Waals surface area (Å²) in [5, 5.41) is 7.54. The van der Waals surface area contributed by atoms with E-state index in [1.165, 1.54) is 88.1 Å². The Kier molecular flexibility index (Phi) is 6.93. The van der Waals surface area contributed by atoms with Gasteiger partial charge < -0.3 is 9.47 Å². The fourth-order valence-electron chi connectivity index (χ4n) is 9.29. The Morgan fingerprint density at radius 2 is 1.05 bits per heavy atom. The Labute approximate surface area is 321 Å². The first-order valence-corrected chi connectivity index (χ1v) is 19.2. The summed E-state index contributed by atoms with van der Waals surface area (Å²) >= 11 is 0. The molecule has 0 bridgehead atoms. The summed E-state index contributed by atoms with van der Waals surface area (Å²) in [6, 6.07) is 71.4. The molecule has 9 aromatic carbocycles. The van der Waals surface area contributed by atoms with E-state index in [-0.39, 0.29) is 5.41 Å². The minimum Gasteiger partial charge on any atom is -0.310 e. The number of rotatable bonds is 5. The van der Waals surface area contributed by atoms with Crippen molar-refractivity contribution in [1.82, 2.24) is 4.57 Å². The Morgan fingerprint density at radius 1 is 0.418 bits per heavy atom. The topological polar surface area (TPSA) is 8.17 Å². The van der Waals surface area contributed by atoms with Gasteiger partial charge in [0.2, 0.25) is 0 Å². The summed E-state index contributed by atoms with van der Waals surface area (Å²) in [6.45, 7) is 4.71. The SMILES string of the molecule is CC1(C)c2ccccc2-c2ccc(N(c3ccc(-c4ccc5c(c4)c4c6ccccc6ccc4n5-c4ccccc4)cc3)c3cccc4ccccc34)cc21. The van der Waals surface area contributed by atoms with Crippen molar-refractivity contribution in [1.29, 1.82) is 0 Å². The lowest BCUT2D eigenvalue weighted by molar-refractivity contribution is 0.660. The van der Waals surface area contributed by atoms with Gasteiger partial charge in [0.1, 0.15) is 0 Å². The van der Waals surface area contributed by atoms with Crippen LogP contribution in [0.15, 0.2) is 194 Å². The van der Waals surface area contributed by atoms with Gasteiger partial charge in [-0.3, -0.25) is 0 Å². The van der Waals surface area contributed by atoms with E-state index in [1.807, 2.05) is 0 Å². The third kappa shape index (κ3) is 4.81. The van der Waals surface area contributed by atoms with Crippen molar-refractivity contribution < 1.29 is 0 Å². The molecule has 0 radical (unpaired) electrons. The lowest BCUT2D eigenvalue weighted by Crippen LogP contribution is -2.16. The molecule has 2 nitrogen and oxygen atoms in total. The molecule has 11 rings (SSSR count). The zero-order valence-electron chi connectivity index (χ0n) is 30.9. The molecule has 55 heavy (non-hydrogen) atoms. The van der Waals surface area contributed by atoms with Crippen molar-refractivity contribution in [3.63, 3.8) is 0 Å². The van der Waals surface area contributed by atoms with Crippen LogP contribution in [0.3, 0.4) is 0 Å². The van der Waals surface area contributed by atoms with Gasteiger partial charge in [0.15, 0.2) is 0 Å². The molecule has 0 saturated carbocycles. The summed E-state index contributed by atoms with van der Waals surface area (Å²) in [6.07, 6.45) is 0. The highest BCUT2D eigenvalue weighted by Crippen LogP contribution is 2.51. The van der Waals surface area contributed by atoms with Crippen molar-refractivity contribution in [3.05, 3.63) is 205 Å². The molecule has 1 aliphatic rings. The molecule has 2 heteroatoms. The molecule has 0 saturated heterocycles. The van der Waals surface area contributed by atoms with Gasteiger partial charge in [0, 0.05) is 38.6 Å². The first kappa shape index (κ1) is 31.6. The number of hydrogen-bond donors (Lipinski definition) is 0. The van der Waals surface area contributed by atoms with Gasteiger partial charge in [-0.15, -0.1) is 0 Å². The molecule has 0 atom stereocenters. The molecular weight excluding hydrogens is 665 g/mol. The van der Waals surface area contributed by atoms with E-state index >= 15 is 0 Å². The average molecular weight is 703 g/mol. The van der Waals surface area contributed by atoms with E-state index in [0.29, 0.717) is 0 Å². The van der Waals surface area contributed by atoms with Gasteiger partial charge in [-0.1, -0.05) is 147 Å². The summed E-state index contributed by atoms with van der Waals surface area (Å²) in [5.41, 5.74) is 14.8. The second-order valence-corrected chi connectivity index (χ2v) is 15.4. The molecule has 1 aliphatic carbocycles. The van der Waals surface area contributed by atoms with Gasteiger partial charge in [0.25, 0.3) is 0 Å². The monoisotopic (exact) mass is 702 g/mol. The van der Waals surface area contributed by atoms with Gasteiger partial charge in [-0.2, -0.15) is 0 Å². The van der Waals surface area contributed by atoms with E-state index in [1.54, 1.807) is 0 Å². The summed E-state index contributed by atoms with van der Waals surface area (Å²) < 4.78 is 2.41. The minimum atomic E-state index is -0.0934. The number of benzene rings is 9. The van der Waals surface area contributed by atoms with Crippen LogP contribution < -0.4 is 4.90 Å². The smallest absolute Gasteiger partial charge is 0.0547 e. The van der Waals surface area contributed by atoms with Crippen molar-refractivity contribution >= 4 is 60.4 Å². The molecule has 1 heterocycles. The molecule has 1 aromatic heterocycles. The van der Waals surface area contributed by atoms with Crippen molar-refractivity contribution in [2.24, 2.45) is 0 Å². The van der Waals surface area contributed by atoms with Crippen LogP contribution in [0.5, 0.6) is 0 Å². The number of nitrogens with zero attached hydrogens (tertiary/aromatic N) is 2. The molecule has 0 fully saturated rings.